The molecule has 31 heavy (non-hydrogen) atoms. The molecule has 4 aromatic heterocycles. The fourth-order valence-corrected chi connectivity index (χ4v) is 3.21. The van der Waals surface area contributed by atoms with Gasteiger partial charge in [0.2, 0.25) is 0 Å². The van der Waals surface area contributed by atoms with Gasteiger partial charge in [-0.1, -0.05) is 5.21 Å². The van der Waals surface area contributed by atoms with Gasteiger partial charge in [-0.2, -0.15) is 15.0 Å². The molecular weight excluding hydrogens is 396 g/mol. The summed E-state index contributed by atoms with van der Waals surface area (Å²) in [6, 6.07) is 5.69. The van der Waals surface area contributed by atoms with E-state index in [-0.39, 0.29) is 11.9 Å². The second-order valence-corrected chi connectivity index (χ2v) is 7.56. The summed E-state index contributed by atoms with van der Waals surface area (Å²) >= 11 is 0. The maximum Gasteiger partial charge on any atom is 0.167 e. The number of rotatable bonds is 6. The van der Waals surface area contributed by atoms with Crippen LogP contribution in [0.4, 0.5) is 11.5 Å². The van der Waals surface area contributed by atoms with Gasteiger partial charge in [0.1, 0.15) is 17.6 Å². The maximum absolute atomic E-state index is 9.58. The fourth-order valence-electron chi connectivity index (χ4n) is 3.21. The number of hydrogen-bond donors (Lipinski definition) is 3. The van der Waals surface area contributed by atoms with E-state index >= 15 is 0 Å². The minimum Gasteiger partial charge on any atom is -0.391 e. The van der Waals surface area contributed by atoms with Crippen molar-refractivity contribution in [3.8, 4) is 23.1 Å². The largest absolute Gasteiger partial charge is 0.391 e. The van der Waals surface area contributed by atoms with Gasteiger partial charge < -0.3 is 16.2 Å². The molecule has 4 heterocycles. The molecule has 0 aliphatic heterocycles. The molecule has 4 aromatic rings. The van der Waals surface area contributed by atoms with Crippen LogP contribution in [0.15, 0.2) is 30.7 Å². The number of pyridine rings is 2. The van der Waals surface area contributed by atoms with E-state index in [9.17, 15) is 5.11 Å². The topological polar surface area (TPSA) is 156 Å². The van der Waals surface area contributed by atoms with Crippen molar-refractivity contribution < 1.29 is 5.11 Å². The minimum atomic E-state index is -0.530. The number of aromatic nitrogens is 7. The molecule has 158 valence electrons. The summed E-state index contributed by atoms with van der Waals surface area (Å²) < 4.78 is 3.17. The number of nitrogen functional groups attached to an aromatic ring is 1. The van der Waals surface area contributed by atoms with Crippen LogP contribution in [0.5, 0.6) is 0 Å². The Hall–Kier alpha value is -4.04. The van der Waals surface area contributed by atoms with Crippen LogP contribution in [0.25, 0.3) is 28.1 Å². The molecule has 1 unspecified atom stereocenters. The van der Waals surface area contributed by atoms with E-state index < -0.39 is 6.10 Å². The Morgan fingerprint density at radius 1 is 1.26 bits per heavy atom. The van der Waals surface area contributed by atoms with Crippen molar-refractivity contribution in [2.45, 2.75) is 39.5 Å². The number of nitrogens with one attached hydrogen (secondary N) is 1. The highest BCUT2D eigenvalue weighted by molar-refractivity contribution is 5.81. The molecule has 0 amide bonds. The zero-order valence-electron chi connectivity index (χ0n) is 17.4. The number of nitriles is 1. The third-order valence-corrected chi connectivity index (χ3v) is 4.51. The first kappa shape index (κ1) is 20.2. The van der Waals surface area contributed by atoms with Gasteiger partial charge in [-0.25, -0.2) is 14.6 Å². The quantitative estimate of drug-likeness (QED) is 0.424. The zero-order valence-corrected chi connectivity index (χ0v) is 17.4. The summed E-state index contributed by atoms with van der Waals surface area (Å²) in [6.07, 6.45) is 4.55. The van der Waals surface area contributed by atoms with Gasteiger partial charge in [-0.3, -0.25) is 0 Å². The normalized spacial score (nSPS) is 12.3. The SMILES string of the molecule is CC(O)Cn1cc(-c2cnc(-n3ncc4cc(C#N)c(N)nc43)cc2NC(C)C)nn1. The molecule has 4 rings (SSSR count). The second-order valence-electron chi connectivity index (χ2n) is 7.56. The highest BCUT2D eigenvalue weighted by atomic mass is 16.3. The number of nitrogens with zero attached hydrogens (tertiary/aromatic N) is 8. The molecule has 0 spiro atoms. The predicted octanol–water partition coefficient (Wildman–Crippen LogP) is 1.73. The second kappa shape index (κ2) is 8.00. The van der Waals surface area contributed by atoms with Gasteiger partial charge in [0.05, 0.1) is 30.6 Å². The molecule has 11 heteroatoms. The van der Waals surface area contributed by atoms with Crippen molar-refractivity contribution in [2.24, 2.45) is 0 Å². The van der Waals surface area contributed by atoms with E-state index in [4.69, 9.17) is 11.0 Å². The van der Waals surface area contributed by atoms with Crippen molar-refractivity contribution in [1.82, 2.24) is 34.7 Å². The van der Waals surface area contributed by atoms with Crippen molar-refractivity contribution in [3.63, 3.8) is 0 Å². The van der Waals surface area contributed by atoms with E-state index in [0.717, 1.165) is 11.3 Å². The number of fused-ring (bicyclic) bond motifs is 1. The van der Waals surface area contributed by atoms with E-state index in [2.05, 4.69) is 30.7 Å². The highest BCUT2D eigenvalue weighted by Gasteiger charge is 2.16. The molecule has 1 atom stereocenters. The van der Waals surface area contributed by atoms with E-state index in [1.807, 2.05) is 26.0 Å². The van der Waals surface area contributed by atoms with E-state index in [0.29, 0.717) is 34.7 Å². The number of aliphatic hydroxyl groups excluding tert-OH is 1. The smallest absolute Gasteiger partial charge is 0.167 e. The van der Waals surface area contributed by atoms with E-state index in [1.165, 1.54) is 0 Å². The molecule has 0 saturated carbocycles. The van der Waals surface area contributed by atoms with Crippen molar-refractivity contribution in [2.75, 3.05) is 11.1 Å². The number of nitrogens with two attached hydrogens (primary N) is 1. The third-order valence-electron chi connectivity index (χ3n) is 4.51. The van der Waals surface area contributed by atoms with Crippen molar-refractivity contribution in [1.29, 1.82) is 5.26 Å². The molecular formula is C20H22N10O. The Morgan fingerprint density at radius 2 is 2.06 bits per heavy atom. The average molecular weight is 418 g/mol. The zero-order chi connectivity index (χ0) is 22.1. The lowest BCUT2D eigenvalue weighted by Crippen LogP contribution is -2.12. The molecule has 0 saturated heterocycles. The first-order valence-corrected chi connectivity index (χ1v) is 9.75. The van der Waals surface area contributed by atoms with Gasteiger partial charge in [0.25, 0.3) is 0 Å². The summed E-state index contributed by atoms with van der Waals surface area (Å²) in [5.41, 5.74) is 8.91. The van der Waals surface area contributed by atoms with Crippen LogP contribution >= 0.6 is 0 Å². The minimum absolute atomic E-state index is 0.142. The summed E-state index contributed by atoms with van der Waals surface area (Å²) in [5, 5.41) is 35.5. The summed E-state index contributed by atoms with van der Waals surface area (Å²) in [5.74, 6) is 0.679. The fraction of sp³-hybridized carbons (Fsp3) is 0.300. The molecule has 0 radical (unpaired) electrons. The third kappa shape index (κ3) is 4.01. The maximum atomic E-state index is 9.58. The Bertz CT molecular complexity index is 1280. The van der Waals surface area contributed by atoms with Crippen LogP contribution in [0.1, 0.15) is 26.3 Å². The van der Waals surface area contributed by atoms with Crippen molar-refractivity contribution in [3.05, 3.63) is 36.3 Å². The molecule has 4 N–H and O–H groups in total. The molecule has 0 aliphatic rings. The average Bonchev–Trinajstić information content (AvgIpc) is 3.33. The van der Waals surface area contributed by atoms with Gasteiger partial charge >= 0.3 is 0 Å². The van der Waals surface area contributed by atoms with Crippen LogP contribution < -0.4 is 11.1 Å². The molecule has 0 aliphatic carbocycles. The molecule has 0 fully saturated rings. The molecule has 0 bridgehead atoms. The van der Waals surface area contributed by atoms with Crippen molar-refractivity contribution >= 4 is 22.5 Å². The summed E-state index contributed by atoms with van der Waals surface area (Å²) in [6.45, 7) is 6.10. The monoisotopic (exact) mass is 418 g/mol. The van der Waals surface area contributed by atoms with Crippen LogP contribution in [0.3, 0.4) is 0 Å². The van der Waals surface area contributed by atoms with Crippen LogP contribution in [-0.2, 0) is 6.54 Å². The Morgan fingerprint density at radius 3 is 2.77 bits per heavy atom. The number of hydrogen-bond acceptors (Lipinski definition) is 9. The van der Waals surface area contributed by atoms with Crippen LogP contribution in [0, 0.1) is 11.3 Å². The first-order chi connectivity index (χ1) is 14.9. The van der Waals surface area contributed by atoms with Gasteiger partial charge in [-0.05, 0) is 26.8 Å². The summed E-state index contributed by atoms with van der Waals surface area (Å²) in [4.78, 5) is 8.88. The summed E-state index contributed by atoms with van der Waals surface area (Å²) in [7, 11) is 0. The van der Waals surface area contributed by atoms with Gasteiger partial charge in [0.15, 0.2) is 11.5 Å². The lowest BCUT2D eigenvalue weighted by atomic mass is 10.1. The Balaban J connectivity index is 1.79. The standard InChI is InChI=1S/C20H22N10O/c1-11(2)25-16-5-18(23-8-15(16)17-10-29(28-27-17)9-12(3)31)30-20-14(7-24-30)4-13(6-21)19(22)26-20/h4-5,7-8,10-12,31H,9H2,1-3H3,(H2,22,26)(H,23,25). The van der Waals surface area contributed by atoms with Gasteiger partial charge in [-0.15, -0.1) is 5.10 Å². The molecule has 11 nitrogen and oxygen atoms in total. The van der Waals surface area contributed by atoms with Crippen LogP contribution in [-0.4, -0.2) is 52.0 Å². The molecule has 0 aromatic carbocycles. The Kier molecular flexibility index (Phi) is 5.22. The predicted molar refractivity (Wildman–Crippen MR) is 115 cm³/mol. The lowest BCUT2D eigenvalue weighted by molar-refractivity contribution is 0.167. The first-order valence-electron chi connectivity index (χ1n) is 9.75. The van der Waals surface area contributed by atoms with E-state index in [1.54, 1.807) is 40.9 Å². The van der Waals surface area contributed by atoms with Gasteiger partial charge in [0, 0.05) is 34.9 Å². The Labute approximate surface area is 178 Å². The van der Waals surface area contributed by atoms with Crippen LogP contribution in [0.2, 0.25) is 0 Å². The lowest BCUT2D eigenvalue weighted by Gasteiger charge is -2.15. The number of anilines is 2. The highest BCUT2D eigenvalue weighted by Crippen LogP contribution is 2.29. The number of aliphatic hydroxyl groups is 1.